The van der Waals surface area contributed by atoms with Crippen molar-refractivity contribution in [1.82, 2.24) is 9.55 Å². The first-order chi connectivity index (χ1) is 23.2. The molecule has 0 aliphatic rings. The fraction of sp³-hybridized carbons (Fsp3) is 0. The first-order valence-electron chi connectivity index (χ1n) is 15.7. The van der Waals surface area contributed by atoms with Crippen LogP contribution in [-0.4, -0.2) is 9.55 Å². The van der Waals surface area contributed by atoms with E-state index >= 15 is 0 Å². The summed E-state index contributed by atoms with van der Waals surface area (Å²) in [6.45, 7) is 0. The van der Waals surface area contributed by atoms with Gasteiger partial charge in [0.25, 0.3) is 0 Å². The fourth-order valence-corrected chi connectivity index (χ4v) is 7.91. The molecular weight excluding hydrogens is 596 g/mol. The van der Waals surface area contributed by atoms with Crippen LogP contribution in [0.1, 0.15) is 0 Å². The average molecular weight is 623 g/mol. The molecule has 0 unspecified atom stereocenters. The lowest BCUT2D eigenvalue weighted by Gasteiger charge is -2.13. The van der Waals surface area contributed by atoms with Gasteiger partial charge in [-0.15, -0.1) is 11.3 Å². The van der Waals surface area contributed by atoms with Gasteiger partial charge in [-0.1, -0.05) is 115 Å². The lowest BCUT2D eigenvalue weighted by atomic mass is 9.96. The molecule has 0 amide bonds. The maximum atomic E-state index is 14.0. The number of thiophene rings is 1. The van der Waals surface area contributed by atoms with Crippen LogP contribution in [0.25, 0.3) is 81.7 Å². The molecule has 9 rings (SSSR count). The van der Waals surface area contributed by atoms with E-state index in [0.717, 1.165) is 49.3 Å². The van der Waals surface area contributed by atoms with Crippen molar-refractivity contribution in [3.63, 3.8) is 0 Å². The zero-order valence-electron chi connectivity index (χ0n) is 25.3. The van der Waals surface area contributed by atoms with Crippen LogP contribution in [0.4, 0.5) is 4.39 Å². The standard InChI is InChI=1S/C43H27FN2S/c44-33-20-15-31(16-21-33)35-25-26-37(42-41(35)36-24-19-32(27-40(36)47-42)29-11-5-2-6-12-29)43-45-38-13-7-8-14-39(38)46(43)34-22-17-30(18-23-34)28-9-3-1-4-10-28/h1-27H. The summed E-state index contributed by atoms with van der Waals surface area (Å²) in [6.07, 6.45) is 0. The summed E-state index contributed by atoms with van der Waals surface area (Å²) in [5.41, 5.74) is 10.9. The van der Waals surface area contributed by atoms with Crippen LogP contribution >= 0.6 is 11.3 Å². The third-order valence-electron chi connectivity index (χ3n) is 8.92. The van der Waals surface area contributed by atoms with Crippen molar-refractivity contribution >= 4 is 42.5 Å². The molecule has 9 aromatic rings. The predicted octanol–water partition coefficient (Wildman–Crippen LogP) is 12.2. The second kappa shape index (κ2) is 11.2. The van der Waals surface area contributed by atoms with E-state index in [0.29, 0.717) is 0 Å². The van der Waals surface area contributed by atoms with Crippen molar-refractivity contribution in [3.8, 4) is 50.5 Å². The number of imidazole rings is 1. The summed E-state index contributed by atoms with van der Waals surface area (Å²) in [6, 6.07) is 55.9. The van der Waals surface area contributed by atoms with Gasteiger partial charge in [-0.3, -0.25) is 4.57 Å². The number of benzene rings is 7. The number of aromatic nitrogens is 2. The van der Waals surface area contributed by atoms with Crippen molar-refractivity contribution in [2.45, 2.75) is 0 Å². The number of rotatable bonds is 5. The minimum absolute atomic E-state index is 0.240. The summed E-state index contributed by atoms with van der Waals surface area (Å²) in [5.74, 6) is 0.653. The van der Waals surface area contributed by atoms with Crippen LogP contribution in [0.2, 0.25) is 0 Å². The normalized spacial score (nSPS) is 11.5. The summed E-state index contributed by atoms with van der Waals surface area (Å²) in [5, 5.41) is 2.34. The molecule has 0 fully saturated rings. The van der Waals surface area contributed by atoms with Crippen LogP contribution in [-0.2, 0) is 0 Å². The minimum Gasteiger partial charge on any atom is -0.292 e. The van der Waals surface area contributed by atoms with Crippen LogP contribution < -0.4 is 0 Å². The summed E-state index contributed by atoms with van der Waals surface area (Å²) in [7, 11) is 0. The maximum Gasteiger partial charge on any atom is 0.147 e. The van der Waals surface area contributed by atoms with E-state index in [1.165, 1.54) is 44.5 Å². The Morgan fingerprint density at radius 1 is 0.511 bits per heavy atom. The highest BCUT2D eigenvalue weighted by atomic mass is 32.1. The largest absolute Gasteiger partial charge is 0.292 e. The molecule has 2 heterocycles. The Balaban J connectivity index is 1.30. The predicted molar refractivity (Wildman–Crippen MR) is 196 cm³/mol. The smallest absolute Gasteiger partial charge is 0.147 e. The first-order valence-corrected chi connectivity index (χ1v) is 16.5. The zero-order chi connectivity index (χ0) is 31.3. The maximum absolute atomic E-state index is 14.0. The Hall–Kier alpha value is -5.84. The monoisotopic (exact) mass is 622 g/mol. The second-order valence-electron chi connectivity index (χ2n) is 11.7. The van der Waals surface area contributed by atoms with Crippen molar-refractivity contribution in [1.29, 1.82) is 0 Å². The molecule has 47 heavy (non-hydrogen) atoms. The van der Waals surface area contributed by atoms with Gasteiger partial charge in [0, 0.05) is 31.4 Å². The van der Waals surface area contributed by atoms with E-state index < -0.39 is 0 Å². The summed E-state index contributed by atoms with van der Waals surface area (Å²) in [4.78, 5) is 5.26. The Labute approximate surface area is 275 Å². The average Bonchev–Trinajstić information content (AvgIpc) is 3.71. The summed E-state index contributed by atoms with van der Waals surface area (Å²) < 4.78 is 18.7. The van der Waals surface area contributed by atoms with Gasteiger partial charge in [0.1, 0.15) is 11.6 Å². The van der Waals surface area contributed by atoms with Gasteiger partial charge in [0.05, 0.1) is 11.0 Å². The van der Waals surface area contributed by atoms with Gasteiger partial charge in [0.2, 0.25) is 0 Å². The number of halogens is 1. The highest BCUT2D eigenvalue weighted by Crippen LogP contribution is 2.46. The van der Waals surface area contributed by atoms with Gasteiger partial charge in [-0.25, -0.2) is 9.37 Å². The molecule has 0 atom stereocenters. The van der Waals surface area contributed by atoms with E-state index in [1.54, 1.807) is 11.3 Å². The Morgan fingerprint density at radius 2 is 1.11 bits per heavy atom. The molecular formula is C43H27FN2S. The van der Waals surface area contributed by atoms with Crippen molar-refractivity contribution in [2.24, 2.45) is 0 Å². The highest BCUT2D eigenvalue weighted by molar-refractivity contribution is 7.26. The number of nitrogens with zero attached hydrogens (tertiary/aromatic N) is 2. The molecule has 0 aliphatic heterocycles. The van der Waals surface area contributed by atoms with E-state index in [2.05, 4.69) is 126 Å². The molecule has 0 aliphatic carbocycles. The minimum atomic E-state index is -0.240. The number of fused-ring (bicyclic) bond motifs is 4. The van der Waals surface area contributed by atoms with Crippen LogP contribution in [0.3, 0.4) is 0 Å². The molecule has 4 heteroatoms. The topological polar surface area (TPSA) is 17.8 Å². The molecule has 0 saturated carbocycles. The molecule has 0 saturated heterocycles. The van der Waals surface area contributed by atoms with E-state index in [4.69, 9.17) is 4.98 Å². The van der Waals surface area contributed by atoms with E-state index in [-0.39, 0.29) is 5.82 Å². The molecule has 0 bridgehead atoms. The Morgan fingerprint density at radius 3 is 1.85 bits per heavy atom. The van der Waals surface area contributed by atoms with Gasteiger partial charge in [-0.2, -0.15) is 0 Å². The molecule has 0 N–H and O–H groups in total. The second-order valence-corrected chi connectivity index (χ2v) is 12.8. The molecule has 222 valence electrons. The zero-order valence-corrected chi connectivity index (χ0v) is 26.1. The molecule has 0 radical (unpaired) electrons. The molecule has 0 spiro atoms. The highest BCUT2D eigenvalue weighted by Gasteiger charge is 2.21. The van der Waals surface area contributed by atoms with Crippen LogP contribution in [0, 0.1) is 5.82 Å². The molecule has 2 aromatic heterocycles. The quantitative estimate of drug-likeness (QED) is 0.187. The lowest BCUT2D eigenvalue weighted by Crippen LogP contribution is -1.98. The fourth-order valence-electron chi connectivity index (χ4n) is 6.64. The van der Waals surface area contributed by atoms with Crippen LogP contribution in [0.5, 0.6) is 0 Å². The first kappa shape index (κ1) is 27.5. The molecule has 2 nitrogen and oxygen atoms in total. The molecule has 7 aromatic carbocycles. The Kier molecular flexibility index (Phi) is 6.54. The van der Waals surface area contributed by atoms with Gasteiger partial charge >= 0.3 is 0 Å². The Bertz CT molecular complexity index is 2550. The third-order valence-corrected chi connectivity index (χ3v) is 10.1. The van der Waals surface area contributed by atoms with Gasteiger partial charge in [-0.05, 0) is 81.9 Å². The third kappa shape index (κ3) is 4.73. The SMILES string of the molecule is Fc1ccc(-c2ccc(-c3nc4ccccc4n3-c3ccc(-c4ccccc4)cc3)c3sc4cc(-c5ccccc5)ccc4c23)cc1. The lowest BCUT2D eigenvalue weighted by molar-refractivity contribution is 0.628. The number of hydrogen-bond acceptors (Lipinski definition) is 2. The van der Waals surface area contributed by atoms with Crippen LogP contribution in [0.15, 0.2) is 164 Å². The van der Waals surface area contributed by atoms with E-state index in [1.807, 2.05) is 30.3 Å². The van der Waals surface area contributed by atoms with Crippen molar-refractivity contribution in [3.05, 3.63) is 170 Å². The number of para-hydroxylation sites is 2. The van der Waals surface area contributed by atoms with Gasteiger partial charge in [0.15, 0.2) is 0 Å². The van der Waals surface area contributed by atoms with Crippen molar-refractivity contribution < 1.29 is 4.39 Å². The van der Waals surface area contributed by atoms with E-state index in [9.17, 15) is 4.39 Å². The number of hydrogen-bond donors (Lipinski definition) is 0. The van der Waals surface area contributed by atoms with Crippen molar-refractivity contribution in [2.75, 3.05) is 0 Å². The van der Waals surface area contributed by atoms with Gasteiger partial charge < -0.3 is 0 Å². The summed E-state index contributed by atoms with van der Waals surface area (Å²) >= 11 is 1.79.